The maximum Gasteiger partial charge on any atom is 0.1000 e. The van der Waals surface area contributed by atoms with Crippen LogP contribution in [0, 0.1) is 6.92 Å². The van der Waals surface area contributed by atoms with Gasteiger partial charge in [-0.05, 0) is 36.9 Å². The highest BCUT2D eigenvalue weighted by molar-refractivity contribution is 9.10. The van der Waals surface area contributed by atoms with Crippen molar-refractivity contribution in [1.29, 1.82) is 0 Å². The topological polar surface area (TPSA) is 72.0 Å². The maximum absolute atomic E-state index is 5.77. The van der Waals surface area contributed by atoms with E-state index in [9.17, 15) is 0 Å². The average Bonchev–Trinajstić information content (AvgIpc) is 2.97. The summed E-state index contributed by atoms with van der Waals surface area (Å²) in [7, 11) is 4.09. The van der Waals surface area contributed by atoms with Gasteiger partial charge in [-0.3, -0.25) is 10.5 Å². The van der Waals surface area contributed by atoms with E-state index in [-0.39, 0.29) is 6.04 Å². The molecule has 0 saturated carbocycles. The van der Waals surface area contributed by atoms with Gasteiger partial charge in [-0.1, -0.05) is 0 Å². The first kappa shape index (κ1) is 15.6. The van der Waals surface area contributed by atoms with Gasteiger partial charge in [0.25, 0.3) is 0 Å². The normalized spacial score (nSPS) is 13.1. The zero-order valence-electron chi connectivity index (χ0n) is 11.8. The molecule has 0 fully saturated rings. The first-order chi connectivity index (χ1) is 9.54. The zero-order valence-corrected chi connectivity index (χ0v) is 14.2. The molecule has 8 heteroatoms. The van der Waals surface area contributed by atoms with Crippen molar-refractivity contribution in [3.63, 3.8) is 0 Å². The zero-order chi connectivity index (χ0) is 14.7. The lowest BCUT2D eigenvalue weighted by molar-refractivity contribution is 0.365. The molecule has 3 N–H and O–H groups in total. The number of likely N-dealkylation sites (N-methyl/N-ethyl adjacent to an activating group) is 1. The molecular formula is C12H19BrN6S. The second-order valence-electron chi connectivity index (χ2n) is 4.81. The third-order valence-electron chi connectivity index (χ3n) is 3.08. The molecule has 0 spiro atoms. The second-order valence-corrected chi connectivity index (χ2v) is 6.55. The van der Waals surface area contributed by atoms with Gasteiger partial charge in [0.2, 0.25) is 0 Å². The fraction of sp³-hybridized carbons (Fsp3) is 0.500. The van der Waals surface area contributed by atoms with Crippen LogP contribution in [-0.2, 0) is 6.54 Å². The second kappa shape index (κ2) is 6.77. The first-order valence-corrected chi connectivity index (χ1v) is 7.94. The molecule has 0 aliphatic heterocycles. The Morgan fingerprint density at radius 1 is 1.55 bits per heavy atom. The number of nitrogens with one attached hydrogen (secondary N) is 1. The van der Waals surface area contributed by atoms with Crippen LogP contribution in [0.2, 0.25) is 0 Å². The van der Waals surface area contributed by atoms with Crippen LogP contribution in [0.3, 0.4) is 0 Å². The number of nitrogens with two attached hydrogens (primary N) is 1. The monoisotopic (exact) mass is 358 g/mol. The Hall–Kier alpha value is -0.800. The third kappa shape index (κ3) is 3.26. The quantitative estimate of drug-likeness (QED) is 0.605. The Bertz CT molecular complexity index is 564. The summed E-state index contributed by atoms with van der Waals surface area (Å²) in [6, 6.07) is -0.110. The van der Waals surface area contributed by atoms with Crippen LogP contribution in [0.1, 0.15) is 22.3 Å². The summed E-state index contributed by atoms with van der Waals surface area (Å²) in [6.45, 7) is 3.72. The molecular weight excluding hydrogens is 340 g/mol. The summed E-state index contributed by atoms with van der Waals surface area (Å²) in [4.78, 5) is 7.54. The van der Waals surface area contributed by atoms with Gasteiger partial charge in [0.05, 0.1) is 45.0 Å². The van der Waals surface area contributed by atoms with Gasteiger partial charge in [0, 0.05) is 6.54 Å². The van der Waals surface area contributed by atoms with Crippen LogP contribution >= 0.6 is 27.3 Å². The van der Waals surface area contributed by atoms with Crippen LogP contribution in [0.5, 0.6) is 0 Å². The standard InChI is InChI=1S/C12H19BrN6S/c1-8-12(20-7-15-8)10(17-14)11-9(13)6-16-19(11)5-4-18(2)3/h6-7,10,17H,4-5,14H2,1-3H3. The van der Waals surface area contributed by atoms with E-state index in [4.69, 9.17) is 5.84 Å². The minimum atomic E-state index is -0.110. The Kier molecular flexibility index (Phi) is 5.28. The van der Waals surface area contributed by atoms with E-state index in [2.05, 4.69) is 36.3 Å². The van der Waals surface area contributed by atoms with Gasteiger partial charge < -0.3 is 4.90 Å². The molecule has 20 heavy (non-hydrogen) atoms. The number of hydrazine groups is 1. The van der Waals surface area contributed by atoms with E-state index in [1.807, 2.05) is 37.4 Å². The van der Waals surface area contributed by atoms with Crippen LogP contribution in [-0.4, -0.2) is 40.3 Å². The third-order valence-corrected chi connectivity index (χ3v) is 4.68. The molecule has 2 aromatic rings. The lowest BCUT2D eigenvalue weighted by Crippen LogP contribution is -2.32. The SMILES string of the molecule is Cc1ncsc1C(NN)c1c(Br)cnn1CCN(C)C. The largest absolute Gasteiger partial charge is 0.308 e. The van der Waals surface area contributed by atoms with Crippen LogP contribution in [0.25, 0.3) is 0 Å². The lowest BCUT2D eigenvalue weighted by atomic mass is 10.1. The van der Waals surface area contributed by atoms with Gasteiger partial charge in [-0.25, -0.2) is 10.4 Å². The van der Waals surface area contributed by atoms with E-state index in [1.165, 1.54) is 0 Å². The Morgan fingerprint density at radius 3 is 2.85 bits per heavy atom. The number of hydrogen-bond acceptors (Lipinski definition) is 6. The minimum Gasteiger partial charge on any atom is -0.308 e. The van der Waals surface area contributed by atoms with Crippen LogP contribution in [0.15, 0.2) is 16.2 Å². The highest BCUT2D eigenvalue weighted by atomic mass is 79.9. The number of nitrogens with zero attached hydrogens (tertiary/aromatic N) is 4. The average molecular weight is 359 g/mol. The van der Waals surface area contributed by atoms with Gasteiger partial charge in [0.1, 0.15) is 0 Å². The Morgan fingerprint density at radius 2 is 2.30 bits per heavy atom. The van der Waals surface area contributed by atoms with Crippen molar-refractivity contribution in [2.75, 3.05) is 20.6 Å². The van der Waals surface area contributed by atoms with Crippen LogP contribution in [0.4, 0.5) is 0 Å². The molecule has 0 aliphatic rings. The molecule has 0 aromatic carbocycles. The summed E-state index contributed by atoms with van der Waals surface area (Å²) in [5.41, 5.74) is 6.74. The molecule has 6 nitrogen and oxygen atoms in total. The Labute approximate surface area is 131 Å². The smallest absolute Gasteiger partial charge is 0.1000 e. The van der Waals surface area contributed by atoms with Crippen molar-refractivity contribution >= 4 is 27.3 Å². The van der Waals surface area contributed by atoms with E-state index >= 15 is 0 Å². The first-order valence-electron chi connectivity index (χ1n) is 6.26. The molecule has 0 radical (unpaired) electrons. The summed E-state index contributed by atoms with van der Waals surface area (Å²) in [5.74, 6) is 5.77. The van der Waals surface area contributed by atoms with E-state index in [0.717, 1.165) is 33.8 Å². The molecule has 2 heterocycles. The molecule has 0 bridgehead atoms. The van der Waals surface area contributed by atoms with Crippen molar-refractivity contribution in [2.24, 2.45) is 5.84 Å². The van der Waals surface area contributed by atoms with Gasteiger partial charge in [0.15, 0.2) is 0 Å². The van der Waals surface area contributed by atoms with Gasteiger partial charge in [-0.15, -0.1) is 11.3 Å². The molecule has 1 atom stereocenters. The van der Waals surface area contributed by atoms with E-state index in [0.29, 0.717) is 0 Å². The molecule has 1 unspecified atom stereocenters. The number of hydrogen-bond donors (Lipinski definition) is 2. The summed E-state index contributed by atoms with van der Waals surface area (Å²) in [6.07, 6.45) is 1.81. The molecule has 2 aromatic heterocycles. The lowest BCUT2D eigenvalue weighted by Gasteiger charge is -2.19. The van der Waals surface area contributed by atoms with E-state index < -0.39 is 0 Å². The number of thiazole rings is 1. The highest BCUT2D eigenvalue weighted by Crippen LogP contribution is 2.31. The number of aromatic nitrogens is 3. The van der Waals surface area contributed by atoms with Gasteiger partial charge in [-0.2, -0.15) is 5.10 Å². The number of rotatable bonds is 6. The molecule has 0 aliphatic carbocycles. The number of aryl methyl sites for hydroxylation is 1. The summed E-state index contributed by atoms with van der Waals surface area (Å²) < 4.78 is 2.93. The van der Waals surface area contributed by atoms with Crippen molar-refractivity contribution in [2.45, 2.75) is 19.5 Å². The van der Waals surface area contributed by atoms with Crippen LogP contribution < -0.4 is 11.3 Å². The number of halogens is 1. The maximum atomic E-state index is 5.77. The van der Waals surface area contributed by atoms with Crippen molar-refractivity contribution in [3.05, 3.63) is 32.4 Å². The molecule has 0 amide bonds. The van der Waals surface area contributed by atoms with Crippen molar-refractivity contribution < 1.29 is 0 Å². The van der Waals surface area contributed by atoms with Crippen molar-refractivity contribution in [3.8, 4) is 0 Å². The summed E-state index contributed by atoms with van der Waals surface area (Å²) in [5, 5.41) is 4.43. The fourth-order valence-electron chi connectivity index (χ4n) is 2.00. The van der Waals surface area contributed by atoms with E-state index in [1.54, 1.807) is 11.3 Å². The predicted molar refractivity (Wildman–Crippen MR) is 84.5 cm³/mol. The fourth-order valence-corrected chi connectivity index (χ4v) is 3.39. The Balaban J connectivity index is 2.34. The predicted octanol–water partition coefficient (Wildman–Crippen LogP) is 1.52. The highest BCUT2D eigenvalue weighted by Gasteiger charge is 2.23. The van der Waals surface area contributed by atoms with Crippen molar-refractivity contribution in [1.82, 2.24) is 25.1 Å². The minimum absolute atomic E-state index is 0.110. The summed E-state index contributed by atoms with van der Waals surface area (Å²) >= 11 is 5.16. The van der Waals surface area contributed by atoms with Gasteiger partial charge >= 0.3 is 0 Å². The molecule has 0 saturated heterocycles. The molecule has 110 valence electrons. The molecule has 2 rings (SSSR count).